The quantitative estimate of drug-likeness (QED) is 0.332. The van der Waals surface area contributed by atoms with Gasteiger partial charge in [0.2, 0.25) is 18.1 Å². The van der Waals surface area contributed by atoms with Crippen LogP contribution in [0.15, 0.2) is 40.8 Å². The predicted octanol–water partition coefficient (Wildman–Crippen LogP) is 0.463. The summed E-state index contributed by atoms with van der Waals surface area (Å²) < 4.78 is 24.4. The van der Waals surface area contributed by atoms with Gasteiger partial charge in [0.15, 0.2) is 11.5 Å². The molecule has 0 bridgehead atoms. The Morgan fingerprint density at radius 1 is 1.17 bits per heavy atom. The fourth-order valence-corrected chi connectivity index (χ4v) is 4.49. The molecule has 0 N–H and O–H groups in total. The first-order valence-electron chi connectivity index (χ1n) is 12.0. The number of rotatable bonds is 5. The number of fused-ring (bicyclic) bond motifs is 4. The number of carbonyl (C=O) groups is 3. The molecule has 2 aliphatic heterocycles. The van der Waals surface area contributed by atoms with E-state index in [1.807, 2.05) is 0 Å². The Morgan fingerprint density at radius 3 is 2.46 bits per heavy atom. The van der Waals surface area contributed by atoms with Crippen LogP contribution < -0.4 is 9.57 Å². The lowest BCUT2D eigenvalue weighted by atomic mass is 9.40. The summed E-state index contributed by atoms with van der Waals surface area (Å²) >= 11 is 6.03. The van der Waals surface area contributed by atoms with Crippen molar-refractivity contribution in [3.05, 3.63) is 58.6 Å². The van der Waals surface area contributed by atoms with Gasteiger partial charge >= 0.3 is 0 Å². The van der Waals surface area contributed by atoms with E-state index < -0.39 is 34.9 Å². The molecule has 0 saturated carbocycles. The van der Waals surface area contributed by atoms with Gasteiger partial charge in [0.1, 0.15) is 24.6 Å². The molecule has 41 heavy (non-hydrogen) atoms. The van der Waals surface area contributed by atoms with Gasteiger partial charge in [-0.05, 0) is 37.3 Å². The van der Waals surface area contributed by atoms with Crippen LogP contribution in [-0.4, -0.2) is 110 Å². The van der Waals surface area contributed by atoms with Gasteiger partial charge in [0, 0.05) is 5.02 Å². The lowest BCUT2D eigenvalue weighted by molar-refractivity contribution is -0.139. The highest BCUT2D eigenvalue weighted by molar-refractivity contribution is 6.64. The number of carbonyl (C=O) groups excluding carboxylic acids is 3. The van der Waals surface area contributed by atoms with Crippen LogP contribution in [0.4, 0.5) is 4.39 Å². The molecule has 0 aliphatic carbocycles. The highest BCUT2D eigenvalue weighted by Crippen LogP contribution is 2.37. The number of hydrogen-bond donors (Lipinski definition) is 0. The van der Waals surface area contributed by atoms with E-state index in [1.165, 1.54) is 11.0 Å². The average molecular weight is 563 g/mol. The van der Waals surface area contributed by atoms with E-state index in [0.29, 0.717) is 38.6 Å². The Labute approximate surface area is 248 Å². The van der Waals surface area contributed by atoms with Crippen molar-refractivity contribution in [1.82, 2.24) is 14.9 Å². The van der Waals surface area contributed by atoms with Crippen LogP contribution in [-0.2, 0) is 16.1 Å². The summed E-state index contributed by atoms with van der Waals surface area (Å²) in [6.45, 7) is 1.41. The van der Waals surface area contributed by atoms with Gasteiger partial charge in [0.05, 0.1) is 70.6 Å². The van der Waals surface area contributed by atoms with Gasteiger partial charge in [-0.3, -0.25) is 14.4 Å². The summed E-state index contributed by atoms with van der Waals surface area (Å²) in [4.78, 5) is 42.8. The normalized spacial score (nSPS) is 16.5. The molecule has 5 rings (SSSR count). The van der Waals surface area contributed by atoms with Crippen LogP contribution in [0.5, 0.6) is 11.5 Å². The molecule has 2 aliphatic rings. The minimum atomic E-state index is -2.26. The molecule has 0 fully saturated rings. The van der Waals surface area contributed by atoms with Crippen molar-refractivity contribution < 1.29 is 32.8 Å². The van der Waals surface area contributed by atoms with Gasteiger partial charge in [-0.1, -0.05) is 28.1 Å². The summed E-state index contributed by atoms with van der Waals surface area (Å²) in [5.41, 5.74) is 0.842. The van der Waals surface area contributed by atoms with E-state index in [1.54, 1.807) is 37.3 Å². The predicted molar refractivity (Wildman–Crippen MR) is 153 cm³/mol. The maximum atomic E-state index is 13.1. The number of furan rings is 1. The highest BCUT2D eigenvalue weighted by Gasteiger charge is 2.38. The van der Waals surface area contributed by atoms with E-state index in [2.05, 4.69) is 0 Å². The van der Waals surface area contributed by atoms with E-state index >= 15 is 0 Å². The first-order chi connectivity index (χ1) is 19.1. The smallest absolute Gasteiger partial charge is 0.294 e. The van der Waals surface area contributed by atoms with Crippen molar-refractivity contribution in [2.75, 3.05) is 13.2 Å². The maximum Gasteiger partial charge on any atom is 0.294 e. The van der Waals surface area contributed by atoms with Crippen LogP contribution in [0.2, 0.25) is 5.02 Å². The fraction of sp³-hybridized carbons (Fsp3) is 0.292. The number of hydroxylamine groups is 2. The van der Waals surface area contributed by atoms with Gasteiger partial charge in [0.25, 0.3) is 5.91 Å². The lowest BCUT2D eigenvalue weighted by Crippen LogP contribution is -2.67. The Hall–Kier alpha value is -3.40. The maximum absolute atomic E-state index is 13.1. The molecule has 0 saturated heterocycles. The Morgan fingerprint density at radius 2 is 1.85 bits per heavy atom. The third kappa shape index (κ3) is 6.42. The van der Waals surface area contributed by atoms with E-state index in [4.69, 9.17) is 72.7 Å². The summed E-state index contributed by atoms with van der Waals surface area (Å²) in [7, 11) is 33.5. The molecule has 3 aromatic rings. The van der Waals surface area contributed by atoms with Gasteiger partial charge in [-0.25, -0.2) is 4.39 Å². The zero-order chi connectivity index (χ0) is 30.3. The first-order valence-corrected chi connectivity index (χ1v) is 12.4. The Bertz CT molecular complexity index is 1480. The summed E-state index contributed by atoms with van der Waals surface area (Å²) in [5, 5.41) is -2.48. The molecule has 196 valence electrons. The average Bonchev–Trinajstić information content (AvgIpc) is 3.43. The second kappa shape index (κ2) is 11.5. The highest BCUT2D eigenvalue weighted by atomic mass is 35.5. The minimum absolute atomic E-state index is 0.0746. The van der Waals surface area contributed by atoms with Crippen LogP contribution in [0.1, 0.15) is 23.0 Å². The van der Waals surface area contributed by atoms with Crippen molar-refractivity contribution in [2.24, 2.45) is 0 Å². The number of nitrogens with zero attached hydrogens (tertiary/aromatic N) is 3. The number of hydrogen-bond acceptors (Lipinski definition) is 6. The summed E-state index contributed by atoms with van der Waals surface area (Å²) in [6, 6.07) is 8.83. The molecule has 17 heteroatoms. The van der Waals surface area contributed by atoms with Gasteiger partial charge in [-0.2, -0.15) is 5.06 Å². The van der Waals surface area contributed by atoms with Crippen molar-refractivity contribution >= 4 is 87.9 Å². The van der Waals surface area contributed by atoms with Gasteiger partial charge < -0.3 is 23.8 Å². The topological polar surface area (TPSA) is 92.5 Å². The molecule has 3 heterocycles. The fourth-order valence-electron chi connectivity index (χ4n) is 4.32. The molecular weight excluding hydrogens is 546 g/mol. The number of amides is 3. The third-order valence-corrected chi connectivity index (χ3v) is 6.35. The number of ether oxygens (including phenoxy) is 1. The monoisotopic (exact) mass is 563 g/mol. The number of benzene rings is 2. The molecule has 3 amide bonds. The van der Waals surface area contributed by atoms with E-state index in [-0.39, 0.29) is 30.5 Å². The molecular formula is C24H17B6ClFN3O6. The van der Waals surface area contributed by atoms with Crippen LogP contribution >= 0.6 is 11.6 Å². The Balaban J connectivity index is 0.000000267. The summed E-state index contributed by atoms with van der Waals surface area (Å²) in [6.07, 6.45) is 0.527. The first kappa shape index (κ1) is 30.6. The molecule has 1 aromatic heterocycles. The zero-order valence-corrected chi connectivity index (χ0v) is 22.5. The third-order valence-electron chi connectivity index (χ3n) is 6.11. The van der Waals surface area contributed by atoms with Crippen LogP contribution in [0.25, 0.3) is 11.0 Å². The molecule has 0 spiro atoms. The van der Waals surface area contributed by atoms with Gasteiger partial charge in [-0.15, -0.1) is 0 Å². The molecule has 1 unspecified atom stereocenters. The zero-order valence-electron chi connectivity index (χ0n) is 21.8. The second-order valence-electron chi connectivity index (χ2n) is 9.49. The molecule has 2 aromatic carbocycles. The van der Waals surface area contributed by atoms with Crippen LogP contribution in [0, 0.1) is 5.82 Å². The van der Waals surface area contributed by atoms with Crippen molar-refractivity contribution in [3.63, 3.8) is 0 Å². The van der Waals surface area contributed by atoms with Crippen molar-refractivity contribution in [2.45, 2.75) is 30.0 Å². The number of halogens is 2. The molecule has 1 atom stereocenters. The molecule has 9 nitrogen and oxygen atoms in total. The minimum Gasteiger partial charge on any atom is -0.487 e. The van der Waals surface area contributed by atoms with E-state index in [0.717, 1.165) is 5.06 Å². The summed E-state index contributed by atoms with van der Waals surface area (Å²) in [5.74, 6) is -1.22. The van der Waals surface area contributed by atoms with Crippen LogP contribution in [0.3, 0.4) is 0 Å². The SMILES string of the molecule is O=CN1Cc2c(F)cccc2O1.[B]C([B])([B])N(C(=O)CN1C(=O)c2oc3ccc(Cl)cc3c2OCC1C)C([B])([B])[B]. The van der Waals surface area contributed by atoms with E-state index in [9.17, 15) is 18.8 Å². The largest absolute Gasteiger partial charge is 0.487 e. The van der Waals surface area contributed by atoms with Crippen molar-refractivity contribution in [1.29, 1.82) is 0 Å². The lowest BCUT2D eigenvalue weighted by Gasteiger charge is -2.49. The Kier molecular flexibility index (Phi) is 8.55. The standard InChI is InChI=1S/C16H11B6ClN2O4.C8H6FNO2/c1-7-6-28-12-9-4-8(23)2-3-10(9)29-13(12)14(27)24(7)5-11(26)25(15(17,18)19)16(20,21)22;9-7-2-1-3-8-6(7)4-10(5-11)12-8/h2-4,7H,5-6H2,1H3;1-3,5H,4H2. The second-order valence-corrected chi connectivity index (χ2v) is 9.92. The molecule has 12 radical (unpaired) electrons. The van der Waals surface area contributed by atoms with Crippen molar-refractivity contribution in [3.8, 4) is 11.5 Å².